The number of piperidine rings is 1. The Bertz CT molecular complexity index is 998. The van der Waals surface area contributed by atoms with Crippen LogP contribution in [0.25, 0.3) is 0 Å². The summed E-state index contributed by atoms with van der Waals surface area (Å²) >= 11 is 0. The van der Waals surface area contributed by atoms with Gasteiger partial charge in [0.05, 0.1) is 11.8 Å². The van der Waals surface area contributed by atoms with Gasteiger partial charge in [-0.25, -0.2) is 17.1 Å². The fourth-order valence-corrected chi connectivity index (χ4v) is 5.48. The molecule has 0 bridgehead atoms. The summed E-state index contributed by atoms with van der Waals surface area (Å²) in [4.78, 5) is 12.7. The molecule has 1 heterocycles. The normalized spacial score (nSPS) is 16.9. The second kappa shape index (κ2) is 9.27. The highest BCUT2D eigenvalue weighted by atomic mass is 32.2. The first-order valence-electron chi connectivity index (χ1n) is 10.3. The van der Waals surface area contributed by atoms with Crippen LogP contribution >= 0.6 is 0 Å². The van der Waals surface area contributed by atoms with Gasteiger partial charge in [-0.1, -0.05) is 35.9 Å². The second-order valence-electron chi connectivity index (χ2n) is 8.15. The number of rotatable bonds is 6. The molecule has 162 valence electrons. The molecule has 0 saturated carbocycles. The molecule has 7 heteroatoms. The first kappa shape index (κ1) is 22.4. The Hall–Kier alpha value is -2.25. The maximum atomic E-state index is 13.0. The quantitative estimate of drug-likeness (QED) is 0.754. The van der Waals surface area contributed by atoms with Gasteiger partial charge in [0, 0.05) is 19.0 Å². The molecule has 1 aliphatic heterocycles. The van der Waals surface area contributed by atoms with E-state index in [-0.39, 0.29) is 23.6 Å². The van der Waals surface area contributed by atoms with E-state index in [2.05, 4.69) is 23.5 Å². The molecule has 1 N–H and O–H groups in total. The molecule has 0 radical (unpaired) electrons. The largest absolute Gasteiger partial charge is 0.349 e. The number of nitrogens with one attached hydrogen (secondary N) is 1. The lowest BCUT2D eigenvalue weighted by atomic mass is 9.95. The van der Waals surface area contributed by atoms with Gasteiger partial charge in [0.15, 0.2) is 0 Å². The third-order valence-corrected chi connectivity index (χ3v) is 7.59. The molecule has 1 unspecified atom stereocenters. The van der Waals surface area contributed by atoms with Crippen molar-refractivity contribution in [3.63, 3.8) is 0 Å². The van der Waals surface area contributed by atoms with Crippen LogP contribution in [-0.4, -0.2) is 31.7 Å². The lowest BCUT2D eigenvalue weighted by Gasteiger charge is -2.31. The molecule has 1 amide bonds. The zero-order chi connectivity index (χ0) is 21.9. The van der Waals surface area contributed by atoms with Gasteiger partial charge in [0.1, 0.15) is 5.82 Å². The van der Waals surface area contributed by atoms with Crippen LogP contribution in [0.15, 0.2) is 42.5 Å². The van der Waals surface area contributed by atoms with Crippen molar-refractivity contribution in [3.05, 3.63) is 70.5 Å². The third-order valence-electron chi connectivity index (χ3n) is 5.74. The fraction of sp³-hybridized carbons (Fsp3) is 0.435. The number of carbonyl (C=O) groups is 1. The van der Waals surface area contributed by atoms with Gasteiger partial charge in [-0.15, -0.1) is 0 Å². The molecule has 30 heavy (non-hydrogen) atoms. The first-order valence-corrected chi connectivity index (χ1v) is 11.9. The van der Waals surface area contributed by atoms with Crippen LogP contribution in [0.1, 0.15) is 48.1 Å². The van der Waals surface area contributed by atoms with E-state index in [9.17, 15) is 17.6 Å². The van der Waals surface area contributed by atoms with Crippen molar-refractivity contribution < 1.29 is 17.6 Å². The molecule has 0 aromatic heterocycles. The van der Waals surface area contributed by atoms with E-state index in [1.807, 2.05) is 20.8 Å². The smallest absolute Gasteiger partial charge is 0.223 e. The van der Waals surface area contributed by atoms with Crippen molar-refractivity contribution >= 4 is 15.9 Å². The van der Waals surface area contributed by atoms with Gasteiger partial charge in [0.25, 0.3) is 0 Å². The fourth-order valence-electron chi connectivity index (χ4n) is 3.91. The molecule has 0 aliphatic carbocycles. The molecule has 0 spiro atoms. The van der Waals surface area contributed by atoms with Gasteiger partial charge in [-0.2, -0.15) is 0 Å². The summed E-state index contributed by atoms with van der Waals surface area (Å²) in [5.41, 5.74) is 3.94. The Labute approximate surface area is 178 Å². The van der Waals surface area contributed by atoms with Gasteiger partial charge < -0.3 is 5.32 Å². The standard InChI is InChI=1S/C23H29FN2O3S/c1-16-4-5-17(2)22(14-16)18(3)25-23(27)20-10-12-26(13-11-20)30(28,29)15-19-6-8-21(24)9-7-19/h4-9,14,18,20H,10-13,15H2,1-3H3,(H,25,27). The average molecular weight is 433 g/mol. The number of benzene rings is 2. The lowest BCUT2D eigenvalue weighted by molar-refractivity contribution is -0.126. The summed E-state index contributed by atoms with van der Waals surface area (Å²) in [5.74, 6) is -0.778. The van der Waals surface area contributed by atoms with Crippen molar-refractivity contribution in [3.8, 4) is 0 Å². The number of halogens is 1. The first-order chi connectivity index (χ1) is 14.2. The summed E-state index contributed by atoms with van der Waals surface area (Å²) in [6, 6.07) is 11.6. The van der Waals surface area contributed by atoms with Crippen LogP contribution < -0.4 is 5.32 Å². The zero-order valence-electron chi connectivity index (χ0n) is 17.7. The summed E-state index contributed by atoms with van der Waals surface area (Å²) in [7, 11) is -3.50. The number of sulfonamides is 1. The highest BCUT2D eigenvalue weighted by Gasteiger charge is 2.31. The molecule has 5 nitrogen and oxygen atoms in total. The van der Waals surface area contributed by atoms with Crippen LogP contribution in [0.5, 0.6) is 0 Å². The Balaban J connectivity index is 1.56. The number of hydrogen-bond acceptors (Lipinski definition) is 3. The Morgan fingerprint density at radius 3 is 2.40 bits per heavy atom. The summed E-state index contributed by atoms with van der Waals surface area (Å²) in [5, 5.41) is 3.09. The Morgan fingerprint density at radius 1 is 1.13 bits per heavy atom. The molecular formula is C23H29FN2O3S. The van der Waals surface area contributed by atoms with E-state index >= 15 is 0 Å². The van der Waals surface area contributed by atoms with Crippen molar-refractivity contribution in [2.24, 2.45) is 5.92 Å². The van der Waals surface area contributed by atoms with E-state index in [0.29, 0.717) is 31.5 Å². The molecule has 1 atom stereocenters. The van der Waals surface area contributed by atoms with Crippen molar-refractivity contribution in [2.75, 3.05) is 13.1 Å². The minimum Gasteiger partial charge on any atom is -0.349 e. The van der Waals surface area contributed by atoms with E-state index in [1.165, 1.54) is 28.6 Å². The van der Waals surface area contributed by atoms with Crippen LogP contribution in [0.2, 0.25) is 0 Å². The average Bonchev–Trinajstić information content (AvgIpc) is 2.71. The minimum absolute atomic E-state index is 0.0287. The number of hydrogen-bond donors (Lipinski definition) is 1. The van der Waals surface area contributed by atoms with Crippen LogP contribution in [-0.2, 0) is 20.6 Å². The minimum atomic E-state index is -3.50. The lowest BCUT2D eigenvalue weighted by Crippen LogP contribution is -2.43. The Morgan fingerprint density at radius 2 is 1.77 bits per heavy atom. The second-order valence-corrected chi connectivity index (χ2v) is 10.1. The molecule has 2 aromatic carbocycles. The molecular weight excluding hydrogens is 403 g/mol. The Kier molecular flexibility index (Phi) is 6.93. The highest BCUT2D eigenvalue weighted by Crippen LogP contribution is 2.24. The summed E-state index contributed by atoms with van der Waals surface area (Å²) in [6.07, 6.45) is 0.988. The van der Waals surface area contributed by atoms with Crippen LogP contribution in [0.3, 0.4) is 0 Å². The van der Waals surface area contributed by atoms with E-state index in [0.717, 1.165) is 16.7 Å². The van der Waals surface area contributed by atoms with E-state index in [4.69, 9.17) is 0 Å². The molecule has 3 rings (SSSR count). The predicted octanol–water partition coefficient (Wildman–Crippen LogP) is 3.86. The molecule has 1 aliphatic rings. The topological polar surface area (TPSA) is 66.5 Å². The SMILES string of the molecule is Cc1ccc(C)c(C(C)NC(=O)C2CCN(S(=O)(=O)Cc3ccc(F)cc3)CC2)c1. The maximum Gasteiger partial charge on any atom is 0.223 e. The summed E-state index contributed by atoms with van der Waals surface area (Å²) in [6.45, 7) is 6.67. The third kappa shape index (κ3) is 5.46. The monoisotopic (exact) mass is 432 g/mol. The maximum absolute atomic E-state index is 13.0. The summed E-state index contributed by atoms with van der Waals surface area (Å²) < 4.78 is 39.8. The van der Waals surface area contributed by atoms with Crippen LogP contribution in [0.4, 0.5) is 4.39 Å². The predicted molar refractivity (Wildman–Crippen MR) is 116 cm³/mol. The van der Waals surface area contributed by atoms with Gasteiger partial charge in [-0.05, 0) is 62.4 Å². The highest BCUT2D eigenvalue weighted by molar-refractivity contribution is 7.88. The number of carbonyl (C=O) groups excluding carboxylic acids is 1. The van der Waals surface area contributed by atoms with E-state index in [1.54, 1.807) is 0 Å². The number of aryl methyl sites for hydroxylation is 2. The zero-order valence-corrected chi connectivity index (χ0v) is 18.5. The van der Waals surface area contributed by atoms with Crippen molar-refractivity contribution in [2.45, 2.75) is 45.4 Å². The van der Waals surface area contributed by atoms with Gasteiger partial charge >= 0.3 is 0 Å². The molecule has 1 fully saturated rings. The molecule has 2 aromatic rings. The van der Waals surface area contributed by atoms with Crippen molar-refractivity contribution in [1.29, 1.82) is 0 Å². The van der Waals surface area contributed by atoms with Gasteiger partial charge in [-0.3, -0.25) is 4.79 Å². The molecule has 1 saturated heterocycles. The van der Waals surface area contributed by atoms with E-state index < -0.39 is 15.8 Å². The van der Waals surface area contributed by atoms with Gasteiger partial charge in [0.2, 0.25) is 15.9 Å². The van der Waals surface area contributed by atoms with Crippen molar-refractivity contribution in [1.82, 2.24) is 9.62 Å². The van der Waals surface area contributed by atoms with Crippen LogP contribution in [0, 0.1) is 25.6 Å². The number of amides is 1. The number of nitrogens with zero attached hydrogens (tertiary/aromatic N) is 1.